The summed E-state index contributed by atoms with van der Waals surface area (Å²) in [5, 5.41) is 2.58. The minimum absolute atomic E-state index is 0.143. The van der Waals surface area contributed by atoms with E-state index in [1.54, 1.807) is 0 Å². The fourth-order valence-corrected chi connectivity index (χ4v) is 3.18. The van der Waals surface area contributed by atoms with Gasteiger partial charge in [-0.3, -0.25) is 0 Å². The van der Waals surface area contributed by atoms with E-state index in [-0.39, 0.29) is 34.7 Å². The smallest absolute Gasteiger partial charge is 0.337 e. The van der Waals surface area contributed by atoms with Crippen molar-refractivity contribution in [3.63, 3.8) is 0 Å². The number of carbonyl (C=O) groups is 2. The van der Waals surface area contributed by atoms with Gasteiger partial charge in [0.1, 0.15) is 19.1 Å². The number of halogens is 4. The minimum Gasteiger partial charge on any atom is -0.466 e. The topological polar surface area (TPSA) is 64.6 Å². The van der Waals surface area contributed by atoms with Gasteiger partial charge in [0.05, 0.1) is 41.1 Å². The van der Waals surface area contributed by atoms with Crippen molar-refractivity contribution in [2.24, 2.45) is 0 Å². The predicted octanol–water partition coefficient (Wildman–Crippen LogP) is 2.66. The molecule has 1 aromatic carbocycles. The van der Waals surface area contributed by atoms with E-state index >= 15 is 0 Å². The lowest BCUT2D eigenvalue weighted by molar-refractivity contribution is -0.136. The maximum atomic E-state index is 14.1. The molecule has 1 N–H and O–H groups in total. The number of alkyl halides is 3. The second-order valence-electron chi connectivity index (χ2n) is 5.59. The summed E-state index contributed by atoms with van der Waals surface area (Å²) in [7, 11) is 1.03. The van der Waals surface area contributed by atoms with Crippen molar-refractivity contribution >= 4 is 11.9 Å². The van der Waals surface area contributed by atoms with Gasteiger partial charge in [-0.25, -0.2) is 27.2 Å². The summed E-state index contributed by atoms with van der Waals surface area (Å²) < 4.78 is 64.0. The average Bonchev–Trinajstić information content (AvgIpc) is 2.99. The fourth-order valence-electron chi connectivity index (χ4n) is 3.18. The van der Waals surface area contributed by atoms with E-state index in [1.807, 2.05) is 0 Å². The first-order valence-electron chi connectivity index (χ1n) is 7.51. The van der Waals surface area contributed by atoms with Crippen LogP contribution in [0, 0.1) is 5.82 Å². The van der Waals surface area contributed by atoms with E-state index in [1.165, 1.54) is 6.07 Å². The zero-order valence-electron chi connectivity index (χ0n) is 13.4. The molecule has 0 amide bonds. The lowest BCUT2D eigenvalue weighted by atomic mass is 9.79. The van der Waals surface area contributed by atoms with Gasteiger partial charge in [-0.15, -0.1) is 0 Å². The summed E-state index contributed by atoms with van der Waals surface area (Å²) in [6, 6.07) is 3.17. The van der Waals surface area contributed by atoms with E-state index in [0.29, 0.717) is 0 Å². The second kappa shape index (κ2) is 6.81. The van der Waals surface area contributed by atoms with E-state index < -0.39 is 42.3 Å². The van der Waals surface area contributed by atoms with E-state index in [4.69, 9.17) is 4.74 Å². The van der Waals surface area contributed by atoms with Crippen LogP contribution in [0.2, 0.25) is 0 Å². The lowest BCUT2D eigenvalue weighted by Gasteiger charge is -2.29. The highest BCUT2D eigenvalue weighted by molar-refractivity contribution is 6.01. The third-order valence-electron chi connectivity index (χ3n) is 4.25. The van der Waals surface area contributed by atoms with Crippen LogP contribution in [0.1, 0.15) is 23.5 Å². The van der Waals surface area contributed by atoms with Crippen molar-refractivity contribution in [1.29, 1.82) is 0 Å². The molecule has 9 heteroatoms. The van der Waals surface area contributed by atoms with Crippen molar-refractivity contribution in [3.05, 3.63) is 57.7 Å². The van der Waals surface area contributed by atoms with Crippen molar-refractivity contribution in [1.82, 2.24) is 5.32 Å². The number of nitrogens with one attached hydrogen (secondary N) is 1. The molecule has 0 spiro atoms. The van der Waals surface area contributed by atoms with Gasteiger partial charge in [0.25, 0.3) is 6.43 Å². The zero-order chi connectivity index (χ0) is 19.0. The summed E-state index contributed by atoms with van der Waals surface area (Å²) >= 11 is 0. The molecule has 138 valence electrons. The second-order valence-corrected chi connectivity index (χ2v) is 5.59. The van der Waals surface area contributed by atoms with Gasteiger partial charge in [-0.2, -0.15) is 0 Å². The van der Waals surface area contributed by atoms with Crippen LogP contribution >= 0.6 is 0 Å². The molecule has 1 aromatic rings. The van der Waals surface area contributed by atoms with Crippen LogP contribution < -0.4 is 5.32 Å². The summed E-state index contributed by atoms with van der Waals surface area (Å²) in [5.74, 6) is -4.51. The number of hydrogen-bond donors (Lipinski definition) is 1. The number of esters is 2. The molecule has 1 atom stereocenters. The maximum absolute atomic E-state index is 14.1. The summed E-state index contributed by atoms with van der Waals surface area (Å²) in [5.41, 5.74) is -1.91. The Morgan fingerprint density at radius 3 is 2.77 bits per heavy atom. The van der Waals surface area contributed by atoms with Gasteiger partial charge >= 0.3 is 11.9 Å². The number of benzene rings is 1. The number of dihydropyridines is 1. The zero-order valence-corrected chi connectivity index (χ0v) is 13.4. The minimum atomic E-state index is -3.21. The Bertz CT molecular complexity index is 847. The van der Waals surface area contributed by atoms with Crippen LogP contribution in [0.15, 0.2) is 40.7 Å². The molecule has 0 saturated heterocycles. The molecule has 0 unspecified atom stereocenters. The van der Waals surface area contributed by atoms with E-state index in [0.717, 1.165) is 19.2 Å². The molecule has 2 heterocycles. The summed E-state index contributed by atoms with van der Waals surface area (Å²) in [6.07, 6.45) is -3.21. The normalized spacial score (nSPS) is 19.5. The molecule has 0 bridgehead atoms. The van der Waals surface area contributed by atoms with E-state index in [2.05, 4.69) is 10.1 Å². The standard InChI is InChI=1S/C17H13F4NO4/c1-25-16(23)13-9(5-18)22-10-6-26-17(24)14(10)12(13)7-3-2-4-8(19)11(7)15(20)21/h2-4,12,15,22H,5-6H2,1H3/t12-/m1/s1. The molecule has 0 aromatic heterocycles. The Kier molecular flexibility index (Phi) is 4.71. The summed E-state index contributed by atoms with van der Waals surface area (Å²) in [6.45, 7) is -1.38. The van der Waals surface area contributed by atoms with Gasteiger partial charge < -0.3 is 14.8 Å². The van der Waals surface area contributed by atoms with Crippen LogP contribution in [0.5, 0.6) is 0 Å². The first-order chi connectivity index (χ1) is 12.4. The number of allylic oxidation sites excluding steroid dienone is 1. The number of methoxy groups -OCH3 is 1. The van der Waals surface area contributed by atoms with Crippen molar-refractivity contribution in [2.45, 2.75) is 12.3 Å². The SMILES string of the molecule is COC(=O)C1=C(CF)NC2=C(C(=O)OC2)[C@@H]1c1cccc(F)c1C(F)F. The van der Waals surface area contributed by atoms with Crippen molar-refractivity contribution in [2.75, 3.05) is 20.4 Å². The lowest BCUT2D eigenvalue weighted by Crippen LogP contribution is -2.32. The third kappa shape index (κ3) is 2.73. The molecule has 0 radical (unpaired) electrons. The fraction of sp³-hybridized carbons (Fsp3) is 0.294. The van der Waals surface area contributed by atoms with Gasteiger partial charge in [0, 0.05) is 0 Å². The van der Waals surface area contributed by atoms with Crippen LogP contribution in [-0.4, -0.2) is 32.3 Å². The number of carbonyl (C=O) groups excluding carboxylic acids is 2. The van der Waals surface area contributed by atoms with Crippen molar-refractivity contribution in [3.8, 4) is 0 Å². The Hall–Kier alpha value is -2.84. The van der Waals surface area contributed by atoms with Crippen molar-refractivity contribution < 1.29 is 36.6 Å². The Labute approximate surface area is 145 Å². The average molecular weight is 371 g/mol. The van der Waals surface area contributed by atoms with Crippen LogP contribution in [0.3, 0.4) is 0 Å². The number of hydrogen-bond acceptors (Lipinski definition) is 5. The predicted molar refractivity (Wildman–Crippen MR) is 80.2 cm³/mol. The summed E-state index contributed by atoms with van der Waals surface area (Å²) in [4.78, 5) is 24.4. The molecule has 26 heavy (non-hydrogen) atoms. The first kappa shape index (κ1) is 18.0. The van der Waals surface area contributed by atoms with Crippen LogP contribution in [0.4, 0.5) is 17.6 Å². The van der Waals surface area contributed by atoms with Crippen LogP contribution in [-0.2, 0) is 19.1 Å². The van der Waals surface area contributed by atoms with E-state index in [9.17, 15) is 27.2 Å². The highest BCUT2D eigenvalue weighted by Crippen LogP contribution is 2.44. The largest absolute Gasteiger partial charge is 0.466 e. The number of rotatable bonds is 4. The molecule has 2 aliphatic heterocycles. The number of ether oxygens (including phenoxy) is 2. The van der Waals surface area contributed by atoms with Gasteiger partial charge in [-0.05, 0) is 11.6 Å². The molecule has 0 aliphatic carbocycles. The van der Waals surface area contributed by atoms with Gasteiger partial charge in [0.2, 0.25) is 0 Å². The quantitative estimate of drug-likeness (QED) is 0.651. The van der Waals surface area contributed by atoms with Crippen LogP contribution in [0.25, 0.3) is 0 Å². The Morgan fingerprint density at radius 1 is 1.42 bits per heavy atom. The Morgan fingerprint density at radius 2 is 2.15 bits per heavy atom. The highest BCUT2D eigenvalue weighted by Gasteiger charge is 2.44. The monoisotopic (exact) mass is 371 g/mol. The molecule has 0 saturated carbocycles. The maximum Gasteiger partial charge on any atom is 0.337 e. The third-order valence-corrected chi connectivity index (χ3v) is 4.25. The molecule has 3 rings (SSSR count). The van der Waals surface area contributed by atoms with Gasteiger partial charge in [-0.1, -0.05) is 12.1 Å². The molecule has 5 nitrogen and oxygen atoms in total. The first-order valence-corrected chi connectivity index (χ1v) is 7.51. The Balaban J connectivity index is 2.31. The molecular weight excluding hydrogens is 358 g/mol. The van der Waals surface area contributed by atoms with Gasteiger partial charge in [0.15, 0.2) is 0 Å². The highest BCUT2D eigenvalue weighted by atomic mass is 19.3. The molecule has 2 aliphatic rings. The molecule has 0 fully saturated rings. The molecular formula is C17H13F4NO4. The number of cyclic esters (lactones) is 1.